The van der Waals surface area contributed by atoms with E-state index >= 15 is 0 Å². The fourth-order valence-corrected chi connectivity index (χ4v) is 3.44. The molecule has 2 amide bonds. The highest BCUT2D eigenvalue weighted by molar-refractivity contribution is 8.18. The van der Waals surface area contributed by atoms with Crippen LogP contribution < -0.4 is 0 Å². The summed E-state index contributed by atoms with van der Waals surface area (Å²) in [5.74, 6) is -0.517. The van der Waals surface area contributed by atoms with Gasteiger partial charge in [0.2, 0.25) is 0 Å². The number of nitro benzene ring substituents is 2. The molecule has 1 fully saturated rings. The Morgan fingerprint density at radius 3 is 2.32 bits per heavy atom. The van der Waals surface area contributed by atoms with E-state index in [4.69, 9.17) is 0 Å². The van der Waals surface area contributed by atoms with Gasteiger partial charge in [0, 0.05) is 23.8 Å². The van der Waals surface area contributed by atoms with Crippen LogP contribution >= 0.6 is 11.8 Å². The Bertz CT molecular complexity index is 1030. The van der Waals surface area contributed by atoms with Crippen LogP contribution in [0.2, 0.25) is 0 Å². The number of imide groups is 1. The van der Waals surface area contributed by atoms with E-state index in [1.807, 2.05) is 0 Å². The van der Waals surface area contributed by atoms with E-state index in [1.54, 1.807) is 19.1 Å². The van der Waals surface area contributed by atoms with Crippen molar-refractivity contribution in [3.05, 3.63) is 84.3 Å². The van der Waals surface area contributed by atoms with Crippen LogP contribution in [0.15, 0.2) is 47.4 Å². The van der Waals surface area contributed by atoms with E-state index in [-0.39, 0.29) is 22.8 Å². The van der Waals surface area contributed by atoms with Gasteiger partial charge in [-0.25, -0.2) is 0 Å². The number of hydrogen-bond acceptors (Lipinski definition) is 7. The van der Waals surface area contributed by atoms with Crippen LogP contribution in [0, 0.1) is 27.2 Å². The van der Waals surface area contributed by atoms with Gasteiger partial charge in [0.1, 0.15) is 0 Å². The Balaban J connectivity index is 1.81. The first kappa shape index (κ1) is 19.2. The molecule has 0 spiro atoms. The van der Waals surface area contributed by atoms with Crippen molar-refractivity contribution in [3.63, 3.8) is 0 Å². The van der Waals surface area contributed by atoms with Crippen molar-refractivity contribution in [1.82, 2.24) is 4.90 Å². The highest BCUT2D eigenvalue weighted by atomic mass is 32.2. The normalized spacial score (nSPS) is 15.3. The van der Waals surface area contributed by atoms with Crippen LogP contribution in [0.1, 0.15) is 16.7 Å². The summed E-state index contributed by atoms with van der Waals surface area (Å²) in [6, 6.07) is 10.1. The van der Waals surface area contributed by atoms with Crippen molar-refractivity contribution in [3.8, 4) is 0 Å². The number of thioether (sulfide) groups is 1. The summed E-state index contributed by atoms with van der Waals surface area (Å²) < 4.78 is 0. The van der Waals surface area contributed by atoms with Crippen molar-refractivity contribution in [2.24, 2.45) is 0 Å². The van der Waals surface area contributed by atoms with E-state index in [0.717, 1.165) is 16.7 Å². The first-order valence-electron chi connectivity index (χ1n) is 8.00. The standard InChI is InChI=1S/C18H13N3O6S/c1-11-2-3-13(8-15(11)21(26)27)9-16-17(22)19(18(23)28-16)10-12-4-6-14(7-5-12)20(24)25/h2-9H,10H2,1H3/b16-9-. The Labute approximate surface area is 162 Å². The second kappa shape index (κ2) is 7.61. The number of carbonyl (C=O) groups excluding carboxylic acids is 2. The van der Waals surface area contributed by atoms with E-state index < -0.39 is 21.0 Å². The highest BCUT2D eigenvalue weighted by Crippen LogP contribution is 2.34. The molecule has 0 radical (unpaired) electrons. The van der Waals surface area contributed by atoms with Crippen LogP contribution in [-0.4, -0.2) is 25.9 Å². The average molecular weight is 399 g/mol. The van der Waals surface area contributed by atoms with Crippen LogP contribution in [-0.2, 0) is 11.3 Å². The molecule has 0 atom stereocenters. The molecule has 3 rings (SSSR count). The third-order valence-electron chi connectivity index (χ3n) is 4.09. The lowest BCUT2D eigenvalue weighted by molar-refractivity contribution is -0.385. The minimum atomic E-state index is -0.534. The molecule has 1 aliphatic heterocycles. The molecular formula is C18H13N3O6S. The van der Waals surface area contributed by atoms with E-state index in [9.17, 15) is 29.8 Å². The molecule has 10 heteroatoms. The molecule has 9 nitrogen and oxygen atoms in total. The van der Waals surface area contributed by atoms with Gasteiger partial charge >= 0.3 is 0 Å². The lowest BCUT2D eigenvalue weighted by Gasteiger charge is -2.12. The zero-order chi connectivity index (χ0) is 20.4. The maximum absolute atomic E-state index is 12.6. The fraction of sp³-hybridized carbons (Fsp3) is 0.111. The van der Waals surface area contributed by atoms with E-state index in [2.05, 4.69) is 0 Å². The summed E-state index contributed by atoms with van der Waals surface area (Å²) in [5, 5.41) is 21.3. The Morgan fingerprint density at radius 1 is 1.04 bits per heavy atom. The summed E-state index contributed by atoms with van der Waals surface area (Å²) in [6.45, 7) is 1.59. The van der Waals surface area contributed by atoms with Gasteiger partial charge in [0.15, 0.2) is 0 Å². The summed E-state index contributed by atoms with van der Waals surface area (Å²) >= 11 is 0.743. The Morgan fingerprint density at radius 2 is 1.71 bits per heavy atom. The lowest BCUT2D eigenvalue weighted by atomic mass is 10.1. The predicted molar refractivity (Wildman–Crippen MR) is 102 cm³/mol. The lowest BCUT2D eigenvalue weighted by Crippen LogP contribution is -2.27. The number of hydrogen-bond donors (Lipinski definition) is 0. The fourth-order valence-electron chi connectivity index (χ4n) is 2.61. The smallest absolute Gasteiger partial charge is 0.268 e. The first-order valence-corrected chi connectivity index (χ1v) is 8.81. The molecule has 0 aromatic heterocycles. The molecule has 142 valence electrons. The SMILES string of the molecule is Cc1ccc(/C=C2\SC(=O)N(Cc3ccc([N+](=O)[O-])cc3)C2=O)cc1[N+](=O)[O-]. The summed E-state index contributed by atoms with van der Waals surface area (Å²) in [4.78, 5) is 46.7. The van der Waals surface area contributed by atoms with Crippen LogP contribution in [0.5, 0.6) is 0 Å². The Hall–Kier alpha value is -3.53. The first-order chi connectivity index (χ1) is 13.3. The maximum Gasteiger partial charge on any atom is 0.293 e. The van der Waals surface area contributed by atoms with Crippen LogP contribution in [0.25, 0.3) is 6.08 Å². The van der Waals surface area contributed by atoms with Gasteiger partial charge in [-0.2, -0.15) is 0 Å². The predicted octanol–water partition coefficient (Wildman–Crippen LogP) is 4.05. The Kier molecular flexibility index (Phi) is 5.23. The van der Waals surface area contributed by atoms with Crippen molar-refractivity contribution in [1.29, 1.82) is 0 Å². The number of non-ortho nitro benzene ring substituents is 1. The van der Waals surface area contributed by atoms with Crippen LogP contribution in [0.3, 0.4) is 0 Å². The molecule has 0 unspecified atom stereocenters. The van der Waals surface area contributed by atoms with Gasteiger partial charge in [-0.05, 0) is 35.9 Å². The summed E-state index contributed by atoms with van der Waals surface area (Å²) in [5.41, 5.74) is 1.35. The van der Waals surface area contributed by atoms with Gasteiger partial charge in [0.05, 0.1) is 21.3 Å². The van der Waals surface area contributed by atoms with Gasteiger partial charge in [0.25, 0.3) is 22.5 Å². The second-order valence-electron chi connectivity index (χ2n) is 5.99. The van der Waals surface area contributed by atoms with Gasteiger partial charge in [-0.3, -0.25) is 34.7 Å². The van der Waals surface area contributed by atoms with Gasteiger partial charge in [-0.15, -0.1) is 0 Å². The number of carbonyl (C=O) groups is 2. The third-order valence-corrected chi connectivity index (χ3v) is 5.00. The number of nitrogens with zero attached hydrogens (tertiary/aromatic N) is 3. The molecule has 2 aromatic carbocycles. The molecule has 1 saturated heterocycles. The maximum atomic E-state index is 12.6. The molecule has 0 N–H and O–H groups in total. The topological polar surface area (TPSA) is 124 Å². The quantitative estimate of drug-likeness (QED) is 0.422. The van der Waals surface area contributed by atoms with E-state index in [0.29, 0.717) is 16.7 Å². The highest BCUT2D eigenvalue weighted by Gasteiger charge is 2.35. The summed E-state index contributed by atoms with van der Waals surface area (Å²) in [6.07, 6.45) is 1.44. The molecule has 2 aromatic rings. The molecular weight excluding hydrogens is 386 g/mol. The van der Waals surface area contributed by atoms with Gasteiger partial charge < -0.3 is 0 Å². The number of amides is 2. The number of aryl methyl sites for hydroxylation is 1. The number of benzene rings is 2. The number of rotatable bonds is 5. The molecule has 0 saturated carbocycles. The molecule has 1 aliphatic rings. The van der Waals surface area contributed by atoms with E-state index in [1.165, 1.54) is 36.4 Å². The average Bonchev–Trinajstić information content (AvgIpc) is 2.91. The largest absolute Gasteiger partial charge is 0.293 e. The van der Waals surface area contributed by atoms with Crippen molar-refractivity contribution >= 4 is 40.4 Å². The third kappa shape index (κ3) is 3.91. The minimum absolute atomic E-state index is 0.0198. The molecule has 28 heavy (non-hydrogen) atoms. The monoisotopic (exact) mass is 399 g/mol. The van der Waals surface area contributed by atoms with Crippen molar-refractivity contribution in [2.75, 3.05) is 0 Å². The zero-order valence-electron chi connectivity index (χ0n) is 14.5. The molecule has 0 aliphatic carbocycles. The molecule has 1 heterocycles. The van der Waals surface area contributed by atoms with Crippen molar-refractivity contribution < 1.29 is 19.4 Å². The van der Waals surface area contributed by atoms with Crippen LogP contribution in [0.4, 0.5) is 16.2 Å². The molecule has 0 bridgehead atoms. The minimum Gasteiger partial charge on any atom is -0.268 e. The van der Waals surface area contributed by atoms with Gasteiger partial charge in [-0.1, -0.05) is 24.3 Å². The number of nitro groups is 2. The second-order valence-corrected chi connectivity index (χ2v) is 6.99. The summed E-state index contributed by atoms with van der Waals surface area (Å²) in [7, 11) is 0. The van der Waals surface area contributed by atoms with Crippen molar-refractivity contribution in [2.45, 2.75) is 13.5 Å². The zero-order valence-corrected chi connectivity index (χ0v) is 15.3.